The van der Waals surface area contributed by atoms with Gasteiger partial charge >= 0.3 is 0 Å². The van der Waals surface area contributed by atoms with Crippen LogP contribution in [-0.2, 0) is 19.3 Å². The maximum atomic E-state index is 6.24. The standard InChI is InChI=1S/C15H18BrNS/c1-2-13-7-8-14(18-13)10-12(17)9-11-5-3-4-6-15(11)16/h3-8,12H,2,9-10,17H2,1H3. The summed E-state index contributed by atoms with van der Waals surface area (Å²) in [4.78, 5) is 2.84. The Morgan fingerprint density at radius 2 is 1.83 bits per heavy atom. The lowest BCUT2D eigenvalue weighted by atomic mass is 10.0. The van der Waals surface area contributed by atoms with Crippen molar-refractivity contribution in [2.24, 2.45) is 5.73 Å². The molecule has 2 rings (SSSR count). The van der Waals surface area contributed by atoms with Gasteiger partial charge in [0, 0.05) is 20.3 Å². The number of hydrogen-bond donors (Lipinski definition) is 1. The zero-order chi connectivity index (χ0) is 13.0. The molecule has 3 heteroatoms. The van der Waals surface area contributed by atoms with Crippen LogP contribution in [0, 0.1) is 0 Å². The van der Waals surface area contributed by atoms with Crippen molar-refractivity contribution in [1.29, 1.82) is 0 Å². The zero-order valence-electron chi connectivity index (χ0n) is 10.5. The molecule has 2 aromatic rings. The molecule has 0 aliphatic carbocycles. The van der Waals surface area contributed by atoms with E-state index in [1.54, 1.807) is 0 Å². The normalized spacial score (nSPS) is 12.6. The highest BCUT2D eigenvalue weighted by Gasteiger charge is 2.09. The molecule has 0 bridgehead atoms. The molecule has 18 heavy (non-hydrogen) atoms. The molecule has 1 aromatic carbocycles. The monoisotopic (exact) mass is 323 g/mol. The summed E-state index contributed by atoms with van der Waals surface area (Å²) in [6.45, 7) is 2.19. The Kier molecular flexibility index (Phi) is 4.98. The molecule has 1 nitrogen and oxygen atoms in total. The summed E-state index contributed by atoms with van der Waals surface area (Å²) in [5.74, 6) is 0. The van der Waals surface area contributed by atoms with Crippen molar-refractivity contribution in [2.45, 2.75) is 32.2 Å². The first-order chi connectivity index (χ1) is 8.69. The van der Waals surface area contributed by atoms with Gasteiger partial charge in [0.25, 0.3) is 0 Å². The number of rotatable bonds is 5. The molecule has 2 N–H and O–H groups in total. The first-order valence-electron chi connectivity index (χ1n) is 6.25. The van der Waals surface area contributed by atoms with Gasteiger partial charge in [0.2, 0.25) is 0 Å². The fourth-order valence-electron chi connectivity index (χ4n) is 2.00. The molecule has 0 amide bonds. The predicted octanol–water partition coefficient (Wildman–Crippen LogP) is 4.19. The molecule has 0 aliphatic rings. The number of aryl methyl sites for hydroxylation is 1. The van der Waals surface area contributed by atoms with E-state index in [0.717, 1.165) is 23.7 Å². The van der Waals surface area contributed by atoms with Crippen molar-refractivity contribution in [3.63, 3.8) is 0 Å². The third-order valence-corrected chi connectivity index (χ3v) is 4.99. The van der Waals surface area contributed by atoms with Crippen LogP contribution in [0.3, 0.4) is 0 Å². The summed E-state index contributed by atoms with van der Waals surface area (Å²) >= 11 is 5.46. The number of hydrogen-bond acceptors (Lipinski definition) is 2. The Balaban J connectivity index is 1.96. The average Bonchev–Trinajstić information content (AvgIpc) is 2.80. The summed E-state index contributed by atoms with van der Waals surface area (Å²) in [6.07, 6.45) is 3.00. The van der Waals surface area contributed by atoms with E-state index in [1.807, 2.05) is 17.4 Å². The lowest BCUT2D eigenvalue weighted by molar-refractivity contribution is 0.669. The third-order valence-electron chi connectivity index (χ3n) is 2.97. The van der Waals surface area contributed by atoms with Gasteiger partial charge in [-0.15, -0.1) is 11.3 Å². The first-order valence-corrected chi connectivity index (χ1v) is 7.86. The van der Waals surface area contributed by atoms with E-state index in [0.29, 0.717) is 0 Å². The van der Waals surface area contributed by atoms with E-state index in [1.165, 1.54) is 15.3 Å². The summed E-state index contributed by atoms with van der Waals surface area (Å²) in [5.41, 5.74) is 7.53. The molecule has 1 heterocycles. The fraction of sp³-hybridized carbons (Fsp3) is 0.333. The lowest BCUT2D eigenvalue weighted by Crippen LogP contribution is -2.25. The SMILES string of the molecule is CCc1ccc(CC(N)Cc2ccccc2Br)s1. The van der Waals surface area contributed by atoms with Crippen molar-refractivity contribution in [3.05, 3.63) is 56.2 Å². The van der Waals surface area contributed by atoms with Gasteiger partial charge in [-0.05, 0) is 43.0 Å². The Morgan fingerprint density at radius 3 is 2.50 bits per heavy atom. The quantitative estimate of drug-likeness (QED) is 0.877. The second-order valence-electron chi connectivity index (χ2n) is 4.48. The van der Waals surface area contributed by atoms with Crippen molar-refractivity contribution >= 4 is 27.3 Å². The number of benzene rings is 1. The number of nitrogens with two attached hydrogens (primary N) is 1. The molecule has 0 fully saturated rings. The maximum Gasteiger partial charge on any atom is 0.0207 e. The minimum absolute atomic E-state index is 0.187. The van der Waals surface area contributed by atoms with Crippen LogP contribution in [0.2, 0.25) is 0 Å². The van der Waals surface area contributed by atoms with E-state index in [2.05, 4.69) is 53.2 Å². The topological polar surface area (TPSA) is 26.0 Å². The van der Waals surface area contributed by atoms with Gasteiger partial charge in [-0.1, -0.05) is 41.1 Å². The summed E-state index contributed by atoms with van der Waals surface area (Å²) < 4.78 is 1.15. The molecule has 0 saturated heterocycles. The minimum atomic E-state index is 0.187. The molecule has 1 atom stereocenters. The fourth-order valence-corrected chi connectivity index (χ4v) is 3.50. The molecule has 1 aromatic heterocycles. The van der Waals surface area contributed by atoms with Crippen LogP contribution in [0.1, 0.15) is 22.2 Å². The highest BCUT2D eigenvalue weighted by molar-refractivity contribution is 9.10. The largest absolute Gasteiger partial charge is 0.327 e. The predicted molar refractivity (Wildman–Crippen MR) is 83.2 cm³/mol. The average molecular weight is 324 g/mol. The maximum absolute atomic E-state index is 6.24. The van der Waals surface area contributed by atoms with Crippen LogP contribution in [0.15, 0.2) is 40.9 Å². The van der Waals surface area contributed by atoms with Crippen LogP contribution >= 0.6 is 27.3 Å². The Labute approximate surface area is 121 Å². The number of thiophene rings is 1. The second-order valence-corrected chi connectivity index (χ2v) is 6.59. The Bertz CT molecular complexity index is 507. The van der Waals surface area contributed by atoms with Crippen molar-refractivity contribution in [2.75, 3.05) is 0 Å². The molecule has 1 unspecified atom stereocenters. The van der Waals surface area contributed by atoms with Crippen LogP contribution < -0.4 is 5.73 Å². The molecule has 0 radical (unpaired) electrons. The summed E-state index contributed by atoms with van der Waals surface area (Å²) in [7, 11) is 0. The Morgan fingerprint density at radius 1 is 1.11 bits per heavy atom. The smallest absolute Gasteiger partial charge is 0.0207 e. The van der Waals surface area contributed by atoms with Crippen LogP contribution in [0.25, 0.3) is 0 Å². The molecule has 96 valence electrons. The van der Waals surface area contributed by atoms with Crippen molar-refractivity contribution < 1.29 is 0 Å². The van der Waals surface area contributed by atoms with Gasteiger partial charge in [-0.25, -0.2) is 0 Å². The van der Waals surface area contributed by atoms with Gasteiger partial charge in [0.15, 0.2) is 0 Å². The van der Waals surface area contributed by atoms with E-state index in [4.69, 9.17) is 5.73 Å². The van der Waals surface area contributed by atoms with Crippen molar-refractivity contribution in [1.82, 2.24) is 0 Å². The molecule has 0 spiro atoms. The number of halogens is 1. The van der Waals surface area contributed by atoms with Crippen LogP contribution in [0.4, 0.5) is 0 Å². The molecule has 0 saturated carbocycles. The van der Waals surface area contributed by atoms with Crippen molar-refractivity contribution in [3.8, 4) is 0 Å². The van der Waals surface area contributed by atoms with Gasteiger partial charge in [-0.2, -0.15) is 0 Å². The summed E-state index contributed by atoms with van der Waals surface area (Å²) in [6, 6.07) is 12.9. The molecule has 0 aliphatic heterocycles. The second kappa shape index (κ2) is 6.50. The lowest BCUT2D eigenvalue weighted by Gasteiger charge is -2.11. The van der Waals surface area contributed by atoms with Crippen LogP contribution in [0.5, 0.6) is 0 Å². The minimum Gasteiger partial charge on any atom is -0.327 e. The third kappa shape index (κ3) is 3.67. The molecular formula is C15H18BrNS. The van der Waals surface area contributed by atoms with Gasteiger partial charge in [-0.3, -0.25) is 0 Å². The Hall–Kier alpha value is -0.640. The zero-order valence-corrected chi connectivity index (χ0v) is 12.9. The first kappa shape index (κ1) is 13.8. The van der Waals surface area contributed by atoms with E-state index in [-0.39, 0.29) is 6.04 Å². The highest BCUT2D eigenvalue weighted by atomic mass is 79.9. The summed E-state index contributed by atoms with van der Waals surface area (Å²) in [5, 5.41) is 0. The van der Waals surface area contributed by atoms with E-state index < -0.39 is 0 Å². The van der Waals surface area contributed by atoms with Gasteiger partial charge in [0.1, 0.15) is 0 Å². The van der Waals surface area contributed by atoms with Crippen LogP contribution in [-0.4, -0.2) is 6.04 Å². The highest BCUT2D eigenvalue weighted by Crippen LogP contribution is 2.21. The molecular weight excluding hydrogens is 306 g/mol. The van der Waals surface area contributed by atoms with E-state index >= 15 is 0 Å². The van der Waals surface area contributed by atoms with Gasteiger partial charge < -0.3 is 5.73 Å². The van der Waals surface area contributed by atoms with Gasteiger partial charge in [0.05, 0.1) is 0 Å². The van der Waals surface area contributed by atoms with E-state index in [9.17, 15) is 0 Å².